The average Bonchev–Trinajstić information content (AvgIpc) is 2.71. The average molecular weight is 200 g/mol. The van der Waals surface area contributed by atoms with Crippen molar-refractivity contribution in [3.8, 4) is 0 Å². The van der Waals surface area contributed by atoms with E-state index < -0.39 is 0 Å². The van der Waals surface area contributed by atoms with E-state index in [0.29, 0.717) is 6.04 Å². The number of hydrogen-bond donors (Lipinski definition) is 2. The van der Waals surface area contributed by atoms with Crippen molar-refractivity contribution in [1.82, 2.24) is 10.2 Å². The molecule has 2 heterocycles. The number of nitrogens with zero attached hydrogens (tertiary/aromatic N) is 1. The zero-order valence-corrected chi connectivity index (χ0v) is 8.61. The van der Waals surface area contributed by atoms with Gasteiger partial charge in [-0.05, 0) is 19.4 Å². The van der Waals surface area contributed by atoms with E-state index in [-0.39, 0.29) is 12.7 Å². The number of aliphatic hydroxyl groups excluding tert-OH is 1. The smallest absolute Gasteiger partial charge is 0.0932 e. The first kappa shape index (κ1) is 10.4. The van der Waals surface area contributed by atoms with Gasteiger partial charge in [-0.3, -0.25) is 4.90 Å². The standard InChI is InChI=1S/C10H20N2O2/c13-8-10-7-12(4-5-14-10)6-9-2-1-3-11-9/h9-11,13H,1-8H2. The van der Waals surface area contributed by atoms with Crippen LogP contribution in [-0.2, 0) is 4.74 Å². The Kier molecular flexibility index (Phi) is 3.75. The molecule has 2 rings (SSSR count). The SMILES string of the molecule is OCC1CN(CC2CCCN2)CCO1. The minimum atomic E-state index is 0.0325. The summed E-state index contributed by atoms with van der Waals surface area (Å²) in [5, 5.41) is 12.5. The highest BCUT2D eigenvalue weighted by Crippen LogP contribution is 2.10. The Labute approximate surface area is 85.2 Å². The molecule has 2 fully saturated rings. The molecule has 2 unspecified atom stereocenters. The fourth-order valence-electron chi connectivity index (χ4n) is 2.28. The minimum Gasteiger partial charge on any atom is -0.394 e. The van der Waals surface area contributed by atoms with E-state index in [1.807, 2.05) is 0 Å². The molecule has 0 saturated carbocycles. The van der Waals surface area contributed by atoms with Crippen LogP contribution in [0.2, 0.25) is 0 Å². The molecule has 82 valence electrons. The van der Waals surface area contributed by atoms with Crippen LogP contribution < -0.4 is 5.32 Å². The number of nitrogens with one attached hydrogen (secondary N) is 1. The molecule has 0 bridgehead atoms. The van der Waals surface area contributed by atoms with Gasteiger partial charge in [-0.15, -0.1) is 0 Å². The van der Waals surface area contributed by atoms with Crippen molar-refractivity contribution in [2.45, 2.75) is 25.0 Å². The molecule has 2 N–H and O–H groups in total. The maximum atomic E-state index is 9.00. The largest absolute Gasteiger partial charge is 0.394 e. The lowest BCUT2D eigenvalue weighted by Crippen LogP contribution is -2.48. The van der Waals surface area contributed by atoms with Crippen molar-refractivity contribution in [3.05, 3.63) is 0 Å². The molecule has 2 atom stereocenters. The summed E-state index contributed by atoms with van der Waals surface area (Å²) in [7, 11) is 0. The molecule has 2 aliphatic rings. The van der Waals surface area contributed by atoms with Crippen LogP contribution in [-0.4, -0.2) is 61.5 Å². The summed E-state index contributed by atoms with van der Waals surface area (Å²) in [6.07, 6.45) is 2.63. The fraction of sp³-hybridized carbons (Fsp3) is 1.00. The normalized spacial score (nSPS) is 34.9. The fourth-order valence-corrected chi connectivity index (χ4v) is 2.28. The quantitative estimate of drug-likeness (QED) is 0.640. The topological polar surface area (TPSA) is 44.7 Å². The van der Waals surface area contributed by atoms with Crippen LogP contribution in [0.15, 0.2) is 0 Å². The van der Waals surface area contributed by atoms with Gasteiger partial charge in [-0.1, -0.05) is 0 Å². The van der Waals surface area contributed by atoms with Crippen LogP contribution in [0.1, 0.15) is 12.8 Å². The summed E-state index contributed by atoms with van der Waals surface area (Å²) in [5.41, 5.74) is 0. The second-order valence-corrected chi connectivity index (χ2v) is 4.23. The van der Waals surface area contributed by atoms with Gasteiger partial charge in [-0.25, -0.2) is 0 Å². The summed E-state index contributed by atoms with van der Waals surface area (Å²) >= 11 is 0. The van der Waals surface area contributed by atoms with Gasteiger partial charge in [0.2, 0.25) is 0 Å². The van der Waals surface area contributed by atoms with Gasteiger partial charge in [0.05, 0.1) is 19.3 Å². The van der Waals surface area contributed by atoms with Gasteiger partial charge in [0.25, 0.3) is 0 Å². The maximum Gasteiger partial charge on any atom is 0.0932 e. The summed E-state index contributed by atoms with van der Waals surface area (Å²) in [6, 6.07) is 0.660. The van der Waals surface area contributed by atoms with E-state index in [1.54, 1.807) is 0 Å². The Morgan fingerprint density at radius 1 is 1.50 bits per heavy atom. The molecule has 0 radical (unpaired) electrons. The van der Waals surface area contributed by atoms with E-state index in [9.17, 15) is 0 Å². The van der Waals surface area contributed by atoms with Crippen molar-refractivity contribution in [2.75, 3.05) is 39.4 Å². The molecule has 2 saturated heterocycles. The van der Waals surface area contributed by atoms with Crippen LogP contribution in [0.3, 0.4) is 0 Å². The summed E-state index contributed by atoms with van der Waals surface area (Å²) < 4.78 is 5.41. The monoisotopic (exact) mass is 200 g/mol. The van der Waals surface area contributed by atoms with Gasteiger partial charge >= 0.3 is 0 Å². The van der Waals surface area contributed by atoms with Crippen molar-refractivity contribution in [3.63, 3.8) is 0 Å². The van der Waals surface area contributed by atoms with Gasteiger partial charge in [0.15, 0.2) is 0 Å². The van der Waals surface area contributed by atoms with Crippen molar-refractivity contribution >= 4 is 0 Å². The Balaban J connectivity index is 1.73. The lowest BCUT2D eigenvalue weighted by molar-refractivity contribution is -0.0542. The number of aliphatic hydroxyl groups is 1. The first-order valence-corrected chi connectivity index (χ1v) is 5.56. The molecule has 4 heteroatoms. The van der Waals surface area contributed by atoms with E-state index in [4.69, 9.17) is 9.84 Å². The molecule has 14 heavy (non-hydrogen) atoms. The minimum absolute atomic E-state index is 0.0325. The third-order valence-corrected chi connectivity index (χ3v) is 3.07. The molecule has 4 nitrogen and oxygen atoms in total. The van der Waals surface area contributed by atoms with Gasteiger partial charge in [0.1, 0.15) is 0 Å². The maximum absolute atomic E-state index is 9.00. The van der Waals surface area contributed by atoms with Crippen LogP contribution in [0, 0.1) is 0 Å². The van der Waals surface area contributed by atoms with Crippen LogP contribution in [0.5, 0.6) is 0 Å². The predicted molar refractivity (Wildman–Crippen MR) is 54.3 cm³/mol. The third-order valence-electron chi connectivity index (χ3n) is 3.07. The lowest BCUT2D eigenvalue weighted by atomic mass is 10.2. The number of ether oxygens (including phenoxy) is 1. The predicted octanol–water partition coefficient (Wildman–Crippen LogP) is -0.568. The molecule has 0 aliphatic carbocycles. The van der Waals surface area contributed by atoms with Crippen molar-refractivity contribution in [1.29, 1.82) is 0 Å². The second-order valence-electron chi connectivity index (χ2n) is 4.23. The summed E-state index contributed by atoms with van der Waals surface area (Å²) in [6.45, 7) is 5.08. The molecule has 0 amide bonds. The van der Waals surface area contributed by atoms with E-state index in [2.05, 4.69) is 10.2 Å². The molecule has 0 aromatic heterocycles. The highest BCUT2D eigenvalue weighted by atomic mass is 16.5. The zero-order valence-electron chi connectivity index (χ0n) is 8.61. The molecule has 0 aromatic rings. The highest BCUT2D eigenvalue weighted by Gasteiger charge is 2.23. The molecule has 0 aromatic carbocycles. The molecular weight excluding hydrogens is 180 g/mol. The highest BCUT2D eigenvalue weighted by molar-refractivity contribution is 4.80. The van der Waals surface area contributed by atoms with Crippen LogP contribution in [0.4, 0.5) is 0 Å². The van der Waals surface area contributed by atoms with Crippen molar-refractivity contribution < 1.29 is 9.84 Å². The summed E-state index contributed by atoms with van der Waals surface area (Å²) in [4.78, 5) is 2.40. The molecule has 0 spiro atoms. The van der Waals surface area contributed by atoms with Gasteiger partial charge < -0.3 is 15.2 Å². The summed E-state index contributed by atoms with van der Waals surface area (Å²) in [5.74, 6) is 0. The number of hydrogen-bond acceptors (Lipinski definition) is 4. The van der Waals surface area contributed by atoms with Crippen molar-refractivity contribution in [2.24, 2.45) is 0 Å². The zero-order chi connectivity index (χ0) is 9.80. The van der Waals surface area contributed by atoms with Crippen LogP contribution in [0.25, 0.3) is 0 Å². The molecule has 2 aliphatic heterocycles. The molecular formula is C10H20N2O2. The Bertz CT molecular complexity index is 172. The second kappa shape index (κ2) is 5.07. The lowest BCUT2D eigenvalue weighted by Gasteiger charge is -2.33. The van der Waals surface area contributed by atoms with Gasteiger partial charge in [0, 0.05) is 25.7 Å². The third kappa shape index (κ3) is 2.67. The first-order chi connectivity index (χ1) is 6.88. The van der Waals surface area contributed by atoms with E-state index >= 15 is 0 Å². The van der Waals surface area contributed by atoms with Crippen LogP contribution >= 0.6 is 0 Å². The number of morpholine rings is 1. The Morgan fingerprint density at radius 2 is 2.43 bits per heavy atom. The first-order valence-electron chi connectivity index (χ1n) is 5.56. The Hall–Kier alpha value is -0.160. The van der Waals surface area contributed by atoms with E-state index in [1.165, 1.54) is 19.4 Å². The van der Waals surface area contributed by atoms with E-state index in [0.717, 1.165) is 26.2 Å². The Morgan fingerprint density at radius 3 is 3.14 bits per heavy atom. The van der Waals surface area contributed by atoms with Gasteiger partial charge in [-0.2, -0.15) is 0 Å². The number of rotatable bonds is 3.